The van der Waals surface area contributed by atoms with Crippen molar-refractivity contribution in [3.8, 4) is 0 Å². The first-order valence-corrected chi connectivity index (χ1v) is 7.84. The smallest absolute Gasteiger partial charge is 0.123 e. The lowest BCUT2D eigenvalue weighted by Crippen LogP contribution is -2.29. The van der Waals surface area contributed by atoms with Gasteiger partial charge in [-0.2, -0.15) is 5.10 Å². The number of nitrogens with two attached hydrogens (primary N) is 1. The van der Waals surface area contributed by atoms with Crippen molar-refractivity contribution in [2.45, 2.75) is 32.5 Å². The molecule has 1 aromatic carbocycles. The van der Waals surface area contributed by atoms with Crippen molar-refractivity contribution in [1.82, 2.24) is 14.7 Å². The summed E-state index contributed by atoms with van der Waals surface area (Å²) < 4.78 is 14.8. The Bertz CT molecular complexity index is 605. The van der Waals surface area contributed by atoms with Crippen molar-refractivity contribution < 1.29 is 4.39 Å². The average Bonchev–Trinajstić information content (AvgIpc) is 3.12. The Morgan fingerprint density at radius 2 is 2.05 bits per heavy atom. The van der Waals surface area contributed by atoms with Gasteiger partial charge >= 0.3 is 0 Å². The number of hydrogen-bond donors (Lipinski definition) is 1. The quantitative estimate of drug-likeness (QED) is 0.921. The Hall–Kier alpha value is -1.72. The van der Waals surface area contributed by atoms with Crippen LogP contribution in [0.4, 0.5) is 4.39 Å². The second-order valence-electron chi connectivity index (χ2n) is 6.32. The van der Waals surface area contributed by atoms with E-state index in [2.05, 4.69) is 23.1 Å². The summed E-state index contributed by atoms with van der Waals surface area (Å²) in [6.07, 6.45) is 5.17. The van der Waals surface area contributed by atoms with Crippen LogP contribution >= 0.6 is 0 Å². The van der Waals surface area contributed by atoms with Crippen LogP contribution in [0, 0.1) is 11.7 Å². The Kier molecular flexibility index (Phi) is 4.55. The third-order valence-corrected chi connectivity index (χ3v) is 4.40. The van der Waals surface area contributed by atoms with E-state index < -0.39 is 0 Å². The van der Waals surface area contributed by atoms with Gasteiger partial charge in [0.05, 0.1) is 12.7 Å². The molecule has 5 heteroatoms. The number of halogens is 1. The van der Waals surface area contributed by atoms with E-state index in [9.17, 15) is 4.39 Å². The van der Waals surface area contributed by atoms with Crippen LogP contribution < -0.4 is 5.73 Å². The summed E-state index contributed by atoms with van der Waals surface area (Å²) in [5, 5.41) is 4.40. The van der Waals surface area contributed by atoms with E-state index in [4.69, 9.17) is 5.73 Å². The molecular formula is C17H23FN4. The number of aromatic nitrogens is 2. The molecule has 1 fully saturated rings. The molecule has 0 saturated carbocycles. The van der Waals surface area contributed by atoms with Crippen molar-refractivity contribution >= 4 is 0 Å². The van der Waals surface area contributed by atoms with Crippen molar-refractivity contribution in [1.29, 1.82) is 0 Å². The average molecular weight is 302 g/mol. The Morgan fingerprint density at radius 3 is 2.73 bits per heavy atom. The second kappa shape index (κ2) is 6.58. The molecule has 0 amide bonds. The second-order valence-corrected chi connectivity index (χ2v) is 6.32. The first-order valence-electron chi connectivity index (χ1n) is 7.84. The highest BCUT2D eigenvalue weighted by Gasteiger charge is 2.25. The number of hydrogen-bond acceptors (Lipinski definition) is 3. The lowest BCUT2D eigenvalue weighted by Gasteiger charge is -2.16. The van der Waals surface area contributed by atoms with Gasteiger partial charge in [0.2, 0.25) is 0 Å². The van der Waals surface area contributed by atoms with E-state index in [1.165, 1.54) is 24.1 Å². The SMILES string of the molecule is CC(N)C1CCN(Cc2cnn(Cc3ccc(F)cc3)c2)C1. The predicted octanol–water partition coefficient (Wildman–Crippen LogP) is 2.24. The van der Waals surface area contributed by atoms with Gasteiger partial charge in [-0.25, -0.2) is 4.39 Å². The van der Waals surface area contributed by atoms with Crippen LogP contribution in [0.15, 0.2) is 36.7 Å². The highest BCUT2D eigenvalue weighted by molar-refractivity contribution is 5.17. The predicted molar refractivity (Wildman–Crippen MR) is 84.8 cm³/mol. The van der Waals surface area contributed by atoms with Crippen molar-refractivity contribution in [3.05, 3.63) is 53.6 Å². The molecule has 118 valence electrons. The molecule has 2 aromatic rings. The van der Waals surface area contributed by atoms with Crippen molar-refractivity contribution in [2.24, 2.45) is 11.7 Å². The molecule has 1 saturated heterocycles. The molecule has 2 N–H and O–H groups in total. The minimum absolute atomic E-state index is 0.206. The molecule has 2 unspecified atom stereocenters. The molecule has 0 radical (unpaired) electrons. The molecule has 1 aromatic heterocycles. The highest BCUT2D eigenvalue weighted by atomic mass is 19.1. The van der Waals surface area contributed by atoms with Gasteiger partial charge in [0.25, 0.3) is 0 Å². The van der Waals surface area contributed by atoms with Crippen LogP contribution in [0.3, 0.4) is 0 Å². The van der Waals surface area contributed by atoms with E-state index >= 15 is 0 Å². The fourth-order valence-electron chi connectivity index (χ4n) is 3.04. The maximum absolute atomic E-state index is 12.9. The minimum atomic E-state index is -0.206. The largest absolute Gasteiger partial charge is 0.328 e. The molecule has 22 heavy (non-hydrogen) atoms. The van der Waals surface area contributed by atoms with Crippen LogP contribution in [0.2, 0.25) is 0 Å². The van der Waals surface area contributed by atoms with E-state index in [1.807, 2.05) is 10.9 Å². The summed E-state index contributed by atoms with van der Waals surface area (Å²) in [6, 6.07) is 6.83. The maximum Gasteiger partial charge on any atom is 0.123 e. The van der Waals surface area contributed by atoms with E-state index in [0.29, 0.717) is 12.5 Å². The molecule has 0 bridgehead atoms. The van der Waals surface area contributed by atoms with E-state index in [0.717, 1.165) is 25.2 Å². The molecule has 3 rings (SSSR count). The molecular weight excluding hydrogens is 279 g/mol. The third kappa shape index (κ3) is 3.72. The zero-order valence-electron chi connectivity index (χ0n) is 13.0. The van der Waals surface area contributed by atoms with Crippen LogP contribution in [-0.2, 0) is 13.1 Å². The summed E-state index contributed by atoms with van der Waals surface area (Å²) in [5.74, 6) is 0.400. The Labute approximate surface area is 130 Å². The summed E-state index contributed by atoms with van der Waals surface area (Å²) in [7, 11) is 0. The Morgan fingerprint density at radius 1 is 1.27 bits per heavy atom. The van der Waals surface area contributed by atoms with Gasteiger partial charge in [-0.15, -0.1) is 0 Å². The van der Waals surface area contributed by atoms with Gasteiger partial charge < -0.3 is 5.73 Å². The van der Waals surface area contributed by atoms with Crippen LogP contribution in [0.5, 0.6) is 0 Å². The standard InChI is InChI=1S/C17H23FN4/c1-13(19)16-6-7-21(12-16)9-15-8-20-22(11-15)10-14-2-4-17(18)5-3-14/h2-5,8,11,13,16H,6-7,9-10,12,19H2,1H3. The van der Waals surface area contributed by atoms with Gasteiger partial charge in [0.1, 0.15) is 5.82 Å². The molecule has 2 atom stereocenters. The third-order valence-electron chi connectivity index (χ3n) is 4.40. The maximum atomic E-state index is 12.9. The van der Waals surface area contributed by atoms with Gasteiger partial charge in [0.15, 0.2) is 0 Å². The van der Waals surface area contributed by atoms with Crippen molar-refractivity contribution in [2.75, 3.05) is 13.1 Å². The number of rotatable bonds is 5. The number of nitrogens with zero attached hydrogens (tertiary/aromatic N) is 3. The molecule has 4 nitrogen and oxygen atoms in total. The molecule has 0 spiro atoms. The summed E-state index contributed by atoms with van der Waals surface area (Å²) in [6.45, 7) is 5.86. The highest BCUT2D eigenvalue weighted by Crippen LogP contribution is 2.20. The monoisotopic (exact) mass is 302 g/mol. The fourth-order valence-corrected chi connectivity index (χ4v) is 3.04. The number of likely N-dealkylation sites (tertiary alicyclic amines) is 1. The normalized spacial score (nSPS) is 20.4. The van der Waals surface area contributed by atoms with Crippen molar-refractivity contribution in [3.63, 3.8) is 0 Å². The lowest BCUT2D eigenvalue weighted by molar-refractivity contribution is 0.308. The minimum Gasteiger partial charge on any atom is -0.328 e. The summed E-state index contributed by atoms with van der Waals surface area (Å²) >= 11 is 0. The van der Waals surface area contributed by atoms with Gasteiger partial charge in [-0.1, -0.05) is 12.1 Å². The lowest BCUT2D eigenvalue weighted by atomic mass is 10.0. The van der Waals surface area contributed by atoms with Gasteiger partial charge in [-0.3, -0.25) is 9.58 Å². The zero-order chi connectivity index (χ0) is 15.5. The molecule has 0 aliphatic carbocycles. The van der Waals surface area contributed by atoms with Crippen LogP contribution in [0.25, 0.3) is 0 Å². The number of benzene rings is 1. The van der Waals surface area contributed by atoms with Gasteiger partial charge in [-0.05, 0) is 43.5 Å². The molecule has 1 aliphatic rings. The first-order chi connectivity index (χ1) is 10.6. The van der Waals surface area contributed by atoms with E-state index in [-0.39, 0.29) is 11.9 Å². The van der Waals surface area contributed by atoms with Crippen LogP contribution in [-0.4, -0.2) is 33.8 Å². The Balaban J connectivity index is 1.56. The molecule has 1 aliphatic heterocycles. The van der Waals surface area contributed by atoms with Crippen LogP contribution in [0.1, 0.15) is 24.5 Å². The summed E-state index contributed by atoms with van der Waals surface area (Å²) in [5.41, 5.74) is 8.25. The van der Waals surface area contributed by atoms with Gasteiger partial charge in [0, 0.05) is 30.9 Å². The zero-order valence-corrected chi connectivity index (χ0v) is 13.0. The van der Waals surface area contributed by atoms with E-state index in [1.54, 1.807) is 12.1 Å². The fraction of sp³-hybridized carbons (Fsp3) is 0.471. The molecule has 2 heterocycles. The topological polar surface area (TPSA) is 47.1 Å². The summed E-state index contributed by atoms with van der Waals surface area (Å²) in [4.78, 5) is 2.44. The first kappa shape index (κ1) is 15.2.